The lowest BCUT2D eigenvalue weighted by atomic mass is 10.2. The highest BCUT2D eigenvalue weighted by Gasteiger charge is 2.25. The van der Waals surface area contributed by atoms with E-state index in [1.165, 1.54) is 5.56 Å². The fraction of sp³-hybridized carbons (Fsp3) is 0.381. The summed E-state index contributed by atoms with van der Waals surface area (Å²) in [7, 11) is 1.64. The third-order valence-corrected chi connectivity index (χ3v) is 4.78. The van der Waals surface area contributed by atoms with Crippen molar-refractivity contribution >= 4 is 11.6 Å². The van der Waals surface area contributed by atoms with Gasteiger partial charge in [-0.05, 0) is 24.6 Å². The second kappa shape index (κ2) is 8.72. The number of benzene rings is 2. The van der Waals surface area contributed by atoms with E-state index in [2.05, 4.69) is 34.5 Å². The zero-order valence-corrected chi connectivity index (χ0v) is 15.5. The molecule has 1 aliphatic heterocycles. The van der Waals surface area contributed by atoms with Gasteiger partial charge in [-0.15, -0.1) is 0 Å². The van der Waals surface area contributed by atoms with Gasteiger partial charge in [0.2, 0.25) is 5.91 Å². The molecule has 0 bridgehead atoms. The molecule has 1 saturated heterocycles. The molecule has 2 aromatic carbocycles. The number of methoxy groups -OCH3 is 1. The average Bonchev–Trinajstić information content (AvgIpc) is 2.69. The number of ether oxygens (including phenoxy) is 1. The lowest BCUT2D eigenvalue weighted by Crippen LogP contribution is -2.51. The molecule has 1 atom stereocenters. The van der Waals surface area contributed by atoms with Crippen LogP contribution in [0.15, 0.2) is 54.6 Å². The second-order valence-electron chi connectivity index (χ2n) is 6.65. The van der Waals surface area contributed by atoms with Crippen LogP contribution < -0.4 is 10.1 Å². The summed E-state index contributed by atoms with van der Waals surface area (Å²) in [5.74, 6) is 0.884. The number of amides is 1. The maximum Gasteiger partial charge on any atom is 0.244 e. The van der Waals surface area contributed by atoms with E-state index in [1.54, 1.807) is 7.11 Å². The Hall–Kier alpha value is -2.53. The second-order valence-corrected chi connectivity index (χ2v) is 6.65. The Morgan fingerprint density at radius 1 is 1.04 bits per heavy atom. The van der Waals surface area contributed by atoms with Gasteiger partial charge in [0.1, 0.15) is 11.8 Å². The van der Waals surface area contributed by atoms with E-state index in [0.717, 1.165) is 44.2 Å². The van der Waals surface area contributed by atoms with Crippen LogP contribution in [0.4, 0.5) is 5.69 Å². The van der Waals surface area contributed by atoms with E-state index in [4.69, 9.17) is 4.74 Å². The molecule has 5 heteroatoms. The van der Waals surface area contributed by atoms with Crippen LogP contribution in [0.1, 0.15) is 12.5 Å². The summed E-state index contributed by atoms with van der Waals surface area (Å²) in [5, 5.41) is 3.28. The van der Waals surface area contributed by atoms with E-state index in [1.807, 2.05) is 42.2 Å². The van der Waals surface area contributed by atoms with Crippen LogP contribution in [0.3, 0.4) is 0 Å². The molecule has 1 fully saturated rings. The Balaban J connectivity index is 1.51. The molecule has 0 aliphatic carbocycles. The van der Waals surface area contributed by atoms with Gasteiger partial charge in [-0.3, -0.25) is 9.69 Å². The van der Waals surface area contributed by atoms with E-state index in [-0.39, 0.29) is 11.9 Å². The zero-order chi connectivity index (χ0) is 18.4. The Kier molecular flexibility index (Phi) is 6.12. The lowest BCUT2D eigenvalue weighted by Gasteiger charge is -2.36. The van der Waals surface area contributed by atoms with Crippen molar-refractivity contribution in [2.75, 3.05) is 38.6 Å². The normalized spacial score (nSPS) is 16.2. The minimum atomic E-state index is -0.285. The molecule has 1 N–H and O–H groups in total. The van der Waals surface area contributed by atoms with Crippen LogP contribution in [0.25, 0.3) is 0 Å². The maximum atomic E-state index is 12.8. The summed E-state index contributed by atoms with van der Waals surface area (Å²) >= 11 is 0. The smallest absolute Gasteiger partial charge is 0.244 e. The van der Waals surface area contributed by atoms with Crippen molar-refractivity contribution in [3.8, 4) is 5.75 Å². The summed E-state index contributed by atoms with van der Waals surface area (Å²) in [6, 6.07) is 17.9. The first kappa shape index (κ1) is 18.3. The van der Waals surface area contributed by atoms with Gasteiger partial charge >= 0.3 is 0 Å². The third-order valence-electron chi connectivity index (χ3n) is 4.78. The van der Waals surface area contributed by atoms with Crippen LogP contribution in [0.5, 0.6) is 5.75 Å². The van der Waals surface area contributed by atoms with Crippen LogP contribution >= 0.6 is 0 Å². The van der Waals surface area contributed by atoms with Gasteiger partial charge in [-0.2, -0.15) is 0 Å². The number of carbonyl (C=O) groups excluding carboxylic acids is 1. The van der Waals surface area contributed by atoms with E-state index < -0.39 is 0 Å². The summed E-state index contributed by atoms with van der Waals surface area (Å²) < 4.78 is 5.35. The molecule has 138 valence electrons. The molecule has 26 heavy (non-hydrogen) atoms. The fourth-order valence-electron chi connectivity index (χ4n) is 3.30. The molecular formula is C21H27N3O2. The zero-order valence-electron chi connectivity index (χ0n) is 15.5. The summed E-state index contributed by atoms with van der Waals surface area (Å²) in [6.07, 6.45) is 0. The first-order valence-electron chi connectivity index (χ1n) is 9.12. The number of piperazine rings is 1. The summed E-state index contributed by atoms with van der Waals surface area (Å²) in [4.78, 5) is 17.1. The molecule has 0 saturated carbocycles. The van der Waals surface area contributed by atoms with Crippen molar-refractivity contribution in [1.29, 1.82) is 0 Å². The van der Waals surface area contributed by atoms with Crippen LogP contribution in [0.2, 0.25) is 0 Å². The first-order chi connectivity index (χ1) is 12.7. The fourth-order valence-corrected chi connectivity index (χ4v) is 3.30. The Morgan fingerprint density at radius 2 is 1.69 bits per heavy atom. The summed E-state index contributed by atoms with van der Waals surface area (Å²) in [5.41, 5.74) is 2.16. The van der Waals surface area contributed by atoms with Gasteiger partial charge in [0, 0.05) is 32.7 Å². The molecule has 1 heterocycles. The molecule has 0 radical (unpaired) electrons. The minimum Gasteiger partial charge on any atom is -0.495 e. The average molecular weight is 353 g/mol. The topological polar surface area (TPSA) is 44.8 Å². The standard InChI is InChI=1S/C21H27N3O2/c1-17(22-19-10-6-7-11-20(19)26-2)21(25)24-14-12-23(13-15-24)16-18-8-4-3-5-9-18/h3-11,17,22H,12-16H2,1-2H3/t17-/m0/s1. The SMILES string of the molecule is COc1ccccc1N[C@@H](C)C(=O)N1CCN(Cc2ccccc2)CC1. The van der Waals surface area contributed by atoms with Crippen molar-refractivity contribution in [3.05, 3.63) is 60.2 Å². The molecule has 0 spiro atoms. The number of rotatable bonds is 6. The lowest BCUT2D eigenvalue weighted by molar-refractivity contribution is -0.133. The highest BCUT2D eigenvalue weighted by atomic mass is 16.5. The highest BCUT2D eigenvalue weighted by molar-refractivity contribution is 5.85. The van der Waals surface area contributed by atoms with Crippen molar-refractivity contribution in [1.82, 2.24) is 9.80 Å². The van der Waals surface area contributed by atoms with Crippen molar-refractivity contribution in [2.45, 2.75) is 19.5 Å². The van der Waals surface area contributed by atoms with Gasteiger partial charge in [-0.25, -0.2) is 0 Å². The highest BCUT2D eigenvalue weighted by Crippen LogP contribution is 2.24. The molecule has 1 aliphatic rings. The van der Waals surface area contributed by atoms with Crippen LogP contribution in [0, 0.1) is 0 Å². The molecular weight excluding hydrogens is 326 g/mol. The molecule has 5 nitrogen and oxygen atoms in total. The van der Waals surface area contributed by atoms with Crippen LogP contribution in [-0.4, -0.2) is 55.0 Å². The predicted molar refractivity (Wildman–Crippen MR) is 104 cm³/mol. The van der Waals surface area contributed by atoms with E-state index in [0.29, 0.717) is 0 Å². The third kappa shape index (κ3) is 4.55. The number of carbonyl (C=O) groups is 1. The first-order valence-corrected chi connectivity index (χ1v) is 9.12. The minimum absolute atomic E-state index is 0.135. The number of hydrogen-bond acceptors (Lipinski definition) is 4. The molecule has 2 aromatic rings. The quantitative estimate of drug-likeness (QED) is 0.867. The van der Waals surface area contributed by atoms with Gasteiger partial charge in [-0.1, -0.05) is 42.5 Å². The van der Waals surface area contributed by atoms with Gasteiger partial charge in [0.05, 0.1) is 12.8 Å². The van der Waals surface area contributed by atoms with Gasteiger partial charge in [0.25, 0.3) is 0 Å². The van der Waals surface area contributed by atoms with Crippen molar-refractivity contribution in [2.24, 2.45) is 0 Å². The van der Waals surface area contributed by atoms with Gasteiger partial charge in [0.15, 0.2) is 0 Å². The molecule has 1 amide bonds. The predicted octanol–water partition coefficient (Wildman–Crippen LogP) is 2.84. The Labute approximate surface area is 155 Å². The molecule has 0 unspecified atom stereocenters. The number of anilines is 1. The maximum absolute atomic E-state index is 12.8. The Bertz CT molecular complexity index is 712. The number of nitrogens with zero attached hydrogens (tertiary/aromatic N) is 2. The van der Waals surface area contributed by atoms with Crippen LogP contribution in [-0.2, 0) is 11.3 Å². The summed E-state index contributed by atoms with van der Waals surface area (Å²) in [6.45, 7) is 6.19. The largest absolute Gasteiger partial charge is 0.495 e. The number of para-hydroxylation sites is 2. The molecule has 3 rings (SSSR count). The van der Waals surface area contributed by atoms with E-state index >= 15 is 0 Å². The molecule has 0 aromatic heterocycles. The van der Waals surface area contributed by atoms with E-state index in [9.17, 15) is 4.79 Å². The number of hydrogen-bond donors (Lipinski definition) is 1. The van der Waals surface area contributed by atoms with Crippen molar-refractivity contribution < 1.29 is 9.53 Å². The monoisotopic (exact) mass is 353 g/mol. The number of nitrogens with one attached hydrogen (secondary N) is 1. The van der Waals surface area contributed by atoms with Crippen molar-refractivity contribution in [3.63, 3.8) is 0 Å². The van der Waals surface area contributed by atoms with Gasteiger partial charge < -0.3 is 15.0 Å². The Morgan fingerprint density at radius 3 is 2.38 bits per heavy atom.